The highest BCUT2D eigenvalue weighted by molar-refractivity contribution is 7.88. The van der Waals surface area contributed by atoms with Crippen molar-refractivity contribution < 1.29 is 40.7 Å². The standard InChI is InChI=1S/C26H32F3N5O6S/c1-26(2,3)40-25(37)31-19(12-18-13-21(28)22(29)15-20(18)27)14-23(35)33-10-8-32(41(4,38)39)9-11-34(33)24(36)17-6-5-7-30-16-17/h5-7,13,15-16,19H,8-12,14H2,1-4H3,(H,31,37)/t19-/m1/s1. The minimum absolute atomic E-state index is 0.0890. The lowest BCUT2D eigenvalue weighted by molar-refractivity contribution is -0.144. The van der Waals surface area contributed by atoms with Crippen LogP contribution < -0.4 is 5.32 Å². The van der Waals surface area contributed by atoms with E-state index in [1.165, 1.54) is 24.5 Å². The number of halogens is 3. The predicted molar refractivity (Wildman–Crippen MR) is 141 cm³/mol. The van der Waals surface area contributed by atoms with E-state index in [0.29, 0.717) is 12.1 Å². The molecule has 1 aromatic heterocycles. The summed E-state index contributed by atoms with van der Waals surface area (Å²) in [6.07, 6.45) is 1.87. The molecule has 2 heterocycles. The minimum Gasteiger partial charge on any atom is -0.444 e. The van der Waals surface area contributed by atoms with Gasteiger partial charge in [-0.3, -0.25) is 14.6 Å². The Bertz CT molecular complexity index is 1390. The number of nitrogens with one attached hydrogen (secondary N) is 1. The van der Waals surface area contributed by atoms with Crippen LogP contribution in [0.5, 0.6) is 0 Å². The molecule has 3 rings (SSSR count). The normalized spacial score (nSPS) is 15.7. The van der Waals surface area contributed by atoms with Crippen molar-refractivity contribution in [1.82, 2.24) is 24.6 Å². The number of aromatic nitrogens is 1. The van der Waals surface area contributed by atoms with Crippen molar-refractivity contribution in [3.05, 3.63) is 65.2 Å². The number of ether oxygens (including phenoxy) is 1. The van der Waals surface area contributed by atoms with Crippen LogP contribution in [0.15, 0.2) is 36.7 Å². The van der Waals surface area contributed by atoms with Crippen LogP contribution in [0.2, 0.25) is 0 Å². The van der Waals surface area contributed by atoms with Gasteiger partial charge in [0.25, 0.3) is 5.91 Å². The first-order valence-corrected chi connectivity index (χ1v) is 14.5. The molecule has 0 saturated carbocycles. The van der Waals surface area contributed by atoms with Crippen LogP contribution in [0.25, 0.3) is 0 Å². The summed E-state index contributed by atoms with van der Waals surface area (Å²) in [7, 11) is -3.66. The Balaban J connectivity index is 1.92. The minimum atomic E-state index is -3.66. The molecule has 1 atom stereocenters. The Morgan fingerprint density at radius 2 is 1.66 bits per heavy atom. The van der Waals surface area contributed by atoms with E-state index in [4.69, 9.17) is 4.74 Å². The van der Waals surface area contributed by atoms with Gasteiger partial charge in [0, 0.05) is 44.0 Å². The van der Waals surface area contributed by atoms with Gasteiger partial charge < -0.3 is 10.1 Å². The first-order valence-electron chi connectivity index (χ1n) is 12.7. The predicted octanol–water partition coefficient (Wildman–Crippen LogP) is 2.49. The highest BCUT2D eigenvalue weighted by Gasteiger charge is 2.34. The molecule has 1 saturated heterocycles. The summed E-state index contributed by atoms with van der Waals surface area (Å²) in [5.74, 6) is -5.14. The van der Waals surface area contributed by atoms with E-state index in [1.54, 1.807) is 20.8 Å². The number of hydrogen-bond donors (Lipinski definition) is 1. The van der Waals surface area contributed by atoms with Gasteiger partial charge in [-0.05, 0) is 51.0 Å². The first kappa shape index (κ1) is 31.8. The zero-order chi connectivity index (χ0) is 30.5. The van der Waals surface area contributed by atoms with Gasteiger partial charge in [0.05, 0.1) is 24.9 Å². The molecule has 0 aliphatic carbocycles. The number of nitrogens with zero attached hydrogens (tertiary/aromatic N) is 4. The van der Waals surface area contributed by atoms with Gasteiger partial charge >= 0.3 is 6.09 Å². The summed E-state index contributed by atoms with van der Waals surface area (Å²) in [6.45, 7) is 4.22. The number of rotatable bonds is 7. The second kappa shape index (κ2) is 12.9. The Hall–Kier alpha value is -3.72. The van der Waals surface area contributed by atoms with Crippen molar-refractivity contribution >= 4 is 27.9 Å². The molecular weight excluding hydrogens is 567 g/mol. The quantitative estimate of drug-likeness (QED) is 0.484. The molecule has 1 N–H and O–H groups in total. The second-order valence-corrected chi connectivity index (χ2v) is 12.4. The maximum absolute atomic E-state index is 14.5. The molecular formula is C26H32F3N5O6S. The maximum Gasteiger partial charge on any atom is 0.407 e. The fourth-order valence-corrected chi connectivity index (χ4v) is 4.98. The number of sulfonamides is 1. The van der Waals surface area contributed by atoms with E-state index >= 15 is 0 Å². The molecule has 0 unspecified atom stereocenters. The second-order valence-electron chi connectivity index (χ2n) is 10.5. The van der Waals surface area contributed by atoms with Gasteiger partial charge in [-0.1, -0.05) is 0 Å². The Kier molecular flexibility index (Phi) is 9.97. The van der Waals surface area contributed by atoms with E-state index < -0.39 is 69.9 Å². The van der Waals surface area contributed by atoms with E-state index in [0.717, 1.165) is 20.6 Å². The zero-order valence-corrected chi connectivity index (χ0v) is 23.9. The highest BCUT2D eigenvalue weighted by atomic mass is 32.2. The van der Waals surface area contributed by atoms with Gasteiger partial charge in [0.2, 0.25) is 15.9 Å². The monoisotopic (exact) mass is 599 g/mol. The molecule has 0 bridgehead atoms. The van der Waals surface area contributed by atoms with Crippen LogP contribution in [0, 0.1) is 17.5 Å². The first-order chi connectivity index (χ1) is 19.0. The van der Waals surface area contributed by atoms with Crippen LogP contribution in [0.4, 0.5) is 18.0 Å². The van der Waals surface area contributed by atoms with Crippen molar-refractivity contribution in [3.63, 3.8) is 0 Å². The lowest BCUT2D eigenvalue weighted by atomic mass is 10.0. The number of pyridine rings is 1. The van der Waals surface area contributed by atoms with Crippen LogP contribution >= 0.6 is 0 Å². The summed E-state index contributed by atoms with van der Waals surface area (Å²) in [6, 6.07) is 2.82. The van der Waals surface area contributed by atoms with Crippen LogP contribution in [-0.2, 0) is 26.0 Å². The lowest BCUT2D eigenvalue weighted by Gasteiger charge is -2.34. The topological polar surface area (TPSA) is 129 Å². The smallest absolute Gasteiger partial charge is 0.407 e. The third-order valence-electron chi connectivity index (χ3n) is 6.01. The van der Waals surface area contributed by atoms with Crippen LogP contribution in [-0.4, -0.2) is 89.7 Å². The summed E-state index contributed by atoms with van der Waals surface area (Å²) in [5.41, 5.74) is -1.08. The molecule has 1 aliphatic rings. The molecule has 11 nitrogen and oxygen atoms in total. The molecule has 1 fully saturated rings. The molecule has 0 radical (unpaired) electrons. The molecule has 1 aliphatic heterocycles. The van der Waals surface area contributed by atoms with Crippen LogP contribution in [0.1, 0.15) is 43.1 Å². The van der Waals surface area contributed by atoms with E-state index in [9.17, 15) is 36.0 Å². The zero-order valence-electron chi connectivity index (χ0n) is 23.1. The highest BCUT2D eigenvalue weighted by Crippen LogP contribution is 2.19. The average Bonchev–Trinajstić information content (AvgIpc) is 3.09. The molecule has 3 amide bonds. The van der Waals surface area contributed by atoms with E-state index in [1.807, 2.05) is 0 Å². The number of carbonyl (C=O) groups is 3. The molecule has 1 aromatic carbocycles. The number of amides is 3. The lowest BCUT2D eigenvalue weighted by Crippen LogP contribution is -2.52. The average molecular weight is 600 g/mol. The molecule has 224 valence electrons. The molecule has 15 heteroatoms. The summed E-state index contributed by atoms with van der Waals surface area (Å²) < 4.78 is 72.7. The van der Waals surface area contributed by atoms with Crippen molar-refractivity contribution in [1.29, 1.82) is 0 Å². The number of benzene rings is 1. The fraction of sp³-hybridized carbons (Fsp3) is 0.462. The van der Waals surface area contributed by atoms with E-state index in [-0.39, 0.29) is 37.3 Å². The van der Waals surface area contributed by atoms with Crippen LogP contribution in [0.3, 0.4) is 0 Å². The number of hydrazine groups is 1. The van der Waals surface area contributed by atoms with Gasteiger partial charge in [-0.2, -0.15) is 4.31 Å². The number of carbonyl (C=O) groups excluding carboxylic acids is 3. The summed E-state index contributed by atoms with van der Waals surface area (Å²) >= 11 is 0. The Labute approximate surface area is 236 Å². The summed E-state index contributed by atoms with van der Waals surface area (Å²) in [4.78, 5) is 43.5. The molecule has 0 spiro atoms. The third kappa shape index (κ3) is 8.88. The molecule has 41 heavy (non-hydrogen) atoms. The fourth-order valence-electron chi connectivity index (χ4n) is 4.16. The largest absolute Gasteiger partial charge is 0.444 e. The van der Waals surface area contributed by atoms with Gasteiger partial charge in [-0.15, -0.1) is 0 Å². The Morgan fingerprint density at radius 3 is 2.24 bits per heavy atom. The van der Waals surface area contributed by atoms with Gasteiger partial charge in [0.15, 0.2) is 11.6 Å². The summed E-state index contributed by atoms with van der Waals surface area (Å²) in [5, 5.41) is 4.62. The SMILES string of the molecule is CC(C)(C)OC(=O)N[C@@H](CC(=O)N1CCN(S(C)(=O)=O)CCN1C(=O)c1cccnc1)Cc1cc(F)c(F)cc1F. The van der Waals surface area contributed by atoms with Crippen molar-refractivity contribution in [2.75, 3.05) is 32.4 Å². The number of alkyl carbamates (subject to hydrolysis) is 1. The van der Waals surface area contributed by atoms with Crippen molar-refractivity contribution in [3.8, 4) is 0 Å². The van der Waals surface area contributed by atoms with Crippen molar-refractivity contribution in [2.24, 2.45) is 0 Å². The Morgan fingerprint density at radius 1 is 1.02 bits per heavy atom. The van der Waals surface area contributed by atoms with Gasteiger partial charge in [0.1, 0.15) is 11.4 Å². The van der Waals surface area contributed by atoms with Crippen molar-refractivity contribution in [2.45, 2.75) is 45.3 Å². The molecule has 2 aromatic rings. The van der Waals surface area contributed by atoms with E-state index in [2.05, 4.69) is 10.3 Å². The third-order valence-corrected chi connectivity index (χ3v) is 7.31. The van der Waals surface area contributed by atoms with Gasteiger partial charge in [-0.25, -0.2) is 36.4 Å². The number of hydrogen-bond acceptors (Lipinski definition) is 7. The maximum atomic E-state index is 14.5.